The summed E-state index contributed by atoms with van der Waals surface area (Å²) >= 11 is 0. The molecule has 0 aliphatic carbocycles. The predicted molar refractivity (Wildman–Crippen MR) is 168 cm³/mol. The summed E-state index contributed by atoms with van der Waals surface area (Å²) in [5, 5.41) is 0. The molecule has 0 bridgehead atoms. The first-order chi connectivity index (χ1) is 16.7. The van der Waals surface area contributed by atoms with Crippen molar-refractivity contribution in [1.29, 1.82) is 0 Å². The number of hydrogen-bond donors (Lipinski definition) is 0. The Balaban J connectivity index is 4.24. The molecule has 1 atom stereocenters. The largest absolute Gasteiger partial charge is 0.0654 e. The molecule has 36 heavy (non-hydrogen) atoms. The van der Waals surface area contributed by atoms with Crippen molar-refractivity contribution in [1.82, 2.24) is 0 Å². The third kappa shape index (κ3) is 15.4. The summed E-state index contributed by atoms with van der Waals surface area (Å²) in [6, 6.07) is 0. The minimum absolute atomic E-state index is 0.359. The molecular weight excluding hydrogens is 432 g/mol. The van der Waals surface area contributed by atoms with Gasteiger partial charge < -0.3 is 0 Å². The van der Waals surface area contributed by atoms with Gasteiger partial charge in [0.15, 0.2) is 0 Å². The molecule has 0 radical (unpaired) electrons. The van der Waals surface area contributed by atoms with Crippen molar-refractivity contribution >= 4 is 0 Å². The predicted octanol–water partition coefficient (Wildman–Crippen LogP) is 13.6. The number of rotatable bonds is 21. The van der Waals surface area contributed by atoms with Gasteiger partial charge in [-0.15, -0.1) is 0 Å². The molecule has 0 rings (SSSR count). The summed E-state index contributed by atoms with van der Waals surface area (Å²) in [4.78, 5) is 0. The SMILES string of the molecule is CCCCC(CC)CC(CCCCCCCCCCCCCCCC(C)(C)C)(C(C)(C)C)C(C)(C)C. The second-order valence-electron chi connectivity index (χ2n) is 15.9. The van der Waals surface area contributed by atoms with Crippen molar-refractivity contribution in [2.24, 2.45) is 27.6 Å². The third-order valence-corrected chi connectivity index (χ3v) is 9.58. The van der Waals surface area contributed by atoms with Gasteiger partial charge in [0.05, 0.1) is 0 Å². The van der Waals surface area contributed by atoms with Crippen LogP contribution in [0.3, 0.4) is 0 Å². The van der Waals surface area contributed by atoms with Crippen molar-refractivity contribution in [3.63, 3.8) is 0 Å². The van der Waals surface area contributed by atoms with E-state index in [1.165, 1.54) is 128 Å². The molecule has 0 heterocycles. The Labute approximate surface area is 232 Å². The van der Waals surface area contributed by atoms with Crippen LogP contribution in [0.25, 0.3) is 0 Å². The molecule has 0 heteroatoms. The fourth-order valence-corrected chi connectivity index (χ4v) is 7.05. The van der Waals surface area contributed by atoms with Crippen LogP contribution in [0.2, 0.25) is 0 Å². The minimum atomic E-state index is 0.359. The van der Waals surface area contributed by atoms with Gasteiger partial charge in [0, 0.05) is 0 Å². The first kappa shape index (κ1) is 36.0. The van der Waals surface area contributed by atoms with Crippen LogP contribution in [0.15, 0.2) is 0 Å². The Morgan fingerprint density at radius 3 is 1.11 bits per heavy atom. The van der Waals surface area contributed by atoms with E-state index in [2.05, 4.69) is 76.2 Å². The van der Waals surface area contributed by atoms with Crippen molar-refractivity contribution < 1.29 is 0 Å². The standard InChI is InChI=1S/C36H74/c1-12-14-28-32(13-2)31-36(34(6,7)8,35(9,10)11)30-27-25-23-21-19-17-15-16-18-20-22-24-26-29-33(3,4)5/h32H,12-31H2,1-11H3. The van der Waals surface area contributed by atoms with E-state index in [9.17, 15) is 0 Å². The van der Waals surface area contributed by atoms with E-state index in [0.717, 1.165) is 5.92 Å². The van der Waals surface area contributed by atoms with Gasteiger partial charge in [-0.2, -0.15) is 0 Å². The van der Waals surface area contributed by atoms with E-state index in [0.29, 0.717) is 21.7 Å². The van der Waals surface area contributed by atoms with Crippen LogP contribution in [-0.4, -0.2) is 0 Å². The normalized spacial score (nSPS) is 14.4. The van der Waals surface area contributed by atoms with Crippen LogP contribution in [-0.2, 0) is 0 Å². The lowest BCUT2D eigenvalue weighted by Crippen LogP contribution is -2.47. The molecule has 218 valence electrons. The zero-order chi connectivity index (χ0) is 27.7. The van der Waals surface area contributed by atoms with Crippen LogP contribution in [0, 0.1) is 27.6 Å². The van der Waals surface area contributed by atoms with E-state index in [4.69, 9.17) is 0 Å². The molecule has 0 saturated heterocycles. The highest BCUT2D eigenvalue weighted by atomic mass is 14.5. The second kappa shape index (κ2) is 18.3. The van der Waals surface area contributed by atoms with Crippen LogP contribution in [0.4, 0.5) is 0 Å². The van der Waals surface area contributed by atoms with E-state index in [1.54, 1.807) is 0 Å². The molecule has 0 aliphatic rings. The highest BCUT2D eigenvalue weighted by Gasteiger charge is 2.50. The molecule has 1 unspecified atom stereocenters. The fourth-order valence-electron chi connectivity index (χ4n) is 7.05. The Hall–Kier alpha value is 0. The molecule has 0 aromatic rings. The number of hydrogen-bond acceptors (Lipinski definition) is 0. The Morgan fingerprint density at radius 1 is 0.444 bits per heavy atom. The second-order valence-corrected chi connectivity index (χ2v) is 15.9. The van der Waals surface area contributed by atoms with Gasteiger partial charge in [0.1, 0.15) is 0 Å². The first-order valence-electron chi connectivity index (χ1n) is 16.7. The smallest absolute Gasteiger partial charge is 0.0198 e. The molecule has 0 N–H and O–H groups in total. The van der Waals surface area contributed by atoms with Crippen LogP contribution in [0.5, 0.6) is 0 Å². The lowest BCUT2D eigenvalue weighted by molar-refractivity contribution is -0.0644. The molecule has 0 aromatic carbocycles. The molecule has 0 aromatic heterocycles. The maximum absolute atomic E-state index is 2.54. The highest BCUT2D eigenvalue weighted by Crippen LogP contribution is 2.59. The Morgan fingerprint density at radius 2 is 0.806 bits per heavy atom. The van der Waals surface area contributed by atoms with Gasteiger partial charge in [0.25, 0.3) is 0 Å². The van der Waals surface area contributed by atoms with E-state index >= 15 is 0 Å². The zero-order valence-electron chi connectivity index (χ0n) is 27.7. The number of unbranched alkanes of at least 4 members (excludes halogenated alkanes) is 13. The third-order valence-electron chi connectivity index (χ3n) is 9.58. The lowest BCUT2D eigenvalue weighted by Gasteiger charge is -2.56. The van der Waals surface area contributed by atoms with Crippen molar-refractivity contribution in [2.45, 2.75) is 205 Å². The van der Waals surface area contributed by atoms with Gasteiger partial charge in [-0.1, -0.05) is 185 Å². The van der Waals surface area contributed by atoms with Crippen molar-refractivity contribution in [2.75, 3.05) is 0 Å². The van der Waals surface area contributed by atoms with Crippen LogP contribution in [0.1, 0.15) is 205 Å². The van der Waals surface area contributed by atoms with Crippen LogP contribution >= 0.6 is 0 Å². The van der Waals surface area contributed by atoms with Gasteiger partial charge in [-0.05, 0) is 46.8 Å². The Bertz CT molecular complexity index is 478. The summed E-state index contributed by atoms with van der Waals surface area (Å²) in [7, 11) is 0. The zero-order valence-corrected chi connectivity index (χ0v) is 27.7. The monoisotopic (exact) mass is 507 g/mol. The first-order valence-corrected chi connectivity index (χ1v) is 16.7. The molecular formula is C36H74. The average Bonchev–Trinajstić information content (AvgIpc) is 2.75. The molecule has 0 fully saturated rings. The molecule has 0 aliphatic heterocycles. The van der Waals surface area contributed by atoms with Crippen molar-refractivity contribution in [3.8, 4) is 0 Å². The maximum Gasteiger partial charge on any atom is -0.0198 e. The van der Waals surface area contributed by atoms with E-state index < -0.39 is 0 Å². The lowest BCUT2D eigenvalue weighted by atomic mass is 9.49. The minimum Gasteiger partial charge on any atom is -0.0654 e. The topological polar surface area (TPSA) is 0 Å². The van der Waals surface area contributed by atoms with Crippen LogP contribution < -0.4 is 0 Å². The average molecular weight is 507 g/mol. The summed E-state index contributed by atoms with van der Waals surface area (Å²) in [6.07, 6.45) is 28.6. The summed E-state index contributed by atoms with van der Waals surface area (Å²) < 4.78 is 0. The van der Waals surface area contributed by atoms with Gasteiger partial charge in [-0.25, -0.2) is 0 Å². The molecule has 0 saturated carbocycles. The van der Waals surface area contributed by atoms with E-state index in [1.807, 2.05) is 0 Å². The highest BCUT2D eigenvalue weighted by molar-refractivity contribution is 4.99. The van der Waals surface area contributed by atoms with Crippen molar-refractivity contribution in [3.05, 3.63) is 0 Å². The van der Waals surface area contributed by atoms with Gasteiger partial charge in [0.2, 0.25) is 0 Å². The van der Waals surface area contributed by atoms with Gasteiger partial charge >= 0.3 is 0 Å². The molecule has 0 nitrogen and oxygen atoms in total. The summed E-state index contributed by atoms with van der Waals surface area (Å²) in [6.45, 7) is 27.1. The summed E-state index contributed by atoms with van der Waals surface area (Å²) in [5.41, 5.74) is 1.67. The Kier molecular flexibility index (Phi) is 18.3. The summed E-state index contributed by atoms with van der Waals surface area (Å²) in [5.74, 6) is 0.895. The molecule has 0 spiro atoms. The fraction of sp³-hybridized carbons (Fsp3) is 1.00. The van der Waals surface area contributed by atoms with Gasteiger partial charge in [-0.3, -0.25) is 0 Å². The maximum atomic E-state index is 2.54. The molecule has 0 amide bonds. The van der Waals surface area contributed by atoms with E-state index in [-0.39, 0.29) is 0 Å². The quantitative estimate of drug-likeness (QED) is 0.136.